The molecule has 21 heavy (non-hydrogen) atoms. The number of hydrogen-bond donors (Lipinski definition) is 1. The molecule has 1 aromatic carbocycles. The first-order chi connectivity index (χ1) is 10.2. The second-order valence-corrected chi connectivity index (χ2v) is 7.27. The highest BCUT2D eigenvalue weighted by Crippen LogP contribution is 2.40. The van der Waals surface area contributed by atoms with E-state index in [4.69, 9.17) is 28.9 Å². The van der Waals surface area contributed by atoms with Crippen LogP contribution in [0, 0.1) is 11.8 Å². The molecule has 2 aliphatic rings. The van der Waals surface area contributed by atoms with Crippen molar-refractivity contribution in [3.63, 3.8) is 0 Å². The van der Waals surface area contributed by atoms with Gasteiger partial charge in [0, 0.05) is 19.1 Å². The molecule has 1 aromatic rings. The van der Waals surface area contributed by atoms with Crippen molar-refractivity contribution in [2.75, 3.05) is 19.6 Å². The number of likely N-dealkylation sites (tertiary alicyclic amines) is 1. The zero-order valence-corrected chi connectivity index (χ0v) is 13.9. The molecule has 1 saturated heterocycles. The molecule has 1 saturated carbocycles. The van der Waals surface area contributed by atoms with Crippen molar-refractivity contribution in [3.8, 4) is 0 Å². The maximum absolute atomic E-state index is 6.41. The number of halogens is 2. The summed E-state index contributed by atoms with van der Waals surface area (Å²) in [6.45, 7) is 2.89. The van der Waals surface area contributed by atoms with E-state index in [1.807, 2.05) is 12.1 Å². The molecule has 0 aromatic heterocycles. The first kappa shape index (κ1) is 15.6. The van der Waals surface area contributed by atoms with E-state index in [2.05, 4.69) is 11.0 Å². The maximum atomic E-state index is 6.41. The monoisotopic (exact) mass is 326 g/mol. The minimum Gasteiger partial charge on any atom is -0.329 e. The Hall–Kier alpha value is -0.280. The van der Waals surface area contributed by atoms with Gasteiger partial charge in [-0.2, -0.15) is 0 Å². The van der Waals surface area contributed by atoms with E-state index in [0.29, 0.717) is 16.6 Å². The summed E-state index contributed by atoms with van der Waals surface area (Å²) in [5.74, 6) is 1.78. The topological polar surface area (TPSA) is 29.3 Å². The number of nitrogens with two attached hydrogens (primary N) is 1. The van der Waals surface area contributed by atoms with Gasteiger partial charge in [-0.15, -0.1) is 0 Å². The summed E-state index contributed by atoms with van der Waals surface area (Å²) in [5, 5.41) is 1.29. The molecule has 2 N–H and O–H groups in total. The predicted octanol–water partition coefficient (Wildman–Crippen LogP) is 4.51. The van der Waals surface area contributed by atoms with Crippen molar-refractivity contribution in [1.29, 1.82) is 0 Å². The standard InChI is InChI=1S/C17H24Cl2N2/c18-15-7-3-6-14(17(15)19)16(10-20)21-9-8-12-4-1-2-5-13(12)11-21/h3,6-7,12-13,16H,1-2,4-5,8-11,20H2. The summed E-state index contributed by atoms with van der Waals surface area (Å²) in [5.41, 5.74) is 7.16. The van der Waals surface area contributed by atoms with E-state index in [1.54, 1.807) is 0 Å². The lowest BCUT2D eigenvalue weighted by atomic mass is 9.74. The molecular formula is C17H24Cl2N2. The normalized spacial score (nSPS) is 28.1. The summed E-state index contributed by atoms with van der Waals surface area (Å²) >= 11 is 12.6. The van der Waals surface area contributed by atoms with Crippen LogP contribution < -0.4 is 5.73 Å². The molecule has 0 amide bonds. The van der Waals surface area contributed by atoms with Crippen molar-refractivity contribution in [1.82, 2.24) is 4.90 Å². The quantitative estimate of drug-likeness (QED) is 0.885. The number of piperidine rings is 1. The van der Waals surface area contributed by atoms with Crippen molar-refractivity contribution in [3.05, 3.63) is 33.8 Å². The van der Waals surface area contributed by atoms with E-state index < -0.39 is 0 Å². The fourth-order valence-electron chi connectivity index (χ4n) is 4.16. The third kappa shape index (κ3) is 3.24. The maximum Gasteiger partial charge on any atom is 0.0640 e. The molecular weight excluding hydrogens is 303 g/mol. The molecule has 1 aliphatic carbocycles. The lowest BCUT2D eigenvalue weighted by molar-refractivity contribution is 0.0586. The third-order valence-corrected chi connectivity index (χ3v) is 6.16. The van der Waals surface area contributed by atoms with Gasteiger partial charge in [0.1, 0.15) is 0 Å². The van der Waals surface area contributed by atoms with Crippen molar-refractivity contribution in [2.24, 2.45) is 17.6 Å². The highest BCUT2D eigenvalue weighted by atomic mass is 35.5. The molecule has 4 heteroatoms. The zero-order valence-electron chi connectivity index (χ0n) is 12.4. The fraction of sp³-hybridized carbons (Fsp3) is 0.647. The van der Waals surface area contributed by atoms with E-state index in [-0.39, 0.29) is 6.04 Å². The van der Waals surface area contributed by atoms with Crippen LogP contribution in [0.3, 0.4) is 0 Å². The second kappa shape index (κ2) is 6.87. The van der Waals surface area contributed by atoms with Crippen LogP contribution in [0.25, 0.3) is 0 Å². The van der Waals surface area contributed by atoms with E-state index in [1.165, 1.54) is 32.1 Å². The highest BCUT2D eigenvalue weighted by molar-refractivity contribution is 6.42. The van der Waals surface area contributed by atoms with Gasteiger partial charge in [0.05, 0.1) is 10.0 Å². The van der Waals surface area contributed by atoms with Crippen LogP contribution in [0.1, 0.15) is 43.7 Å². The Morgan fingerprint density at radius 1 is 1.14 bits per heavy atom. The van der Waals surface area contributed by atoms with E-state index >= 15 is 0 Å². The van der Waals surface area contributed by atoms with Crippen LogP contribution in [0.2, 0.25) is 10.0 Å². The lowest BCUT2D eigenvalue weighted by Gasteiger charge is -2.44. The van der Waals surface area contributed by atoms with Gasteiger partial charge in [-0.25, -0.2) is 0 Å². The molecule has 3 rings (SSSR count). The highest BCUT2D eigenvalue weighted by Gasteiger charge is 2.34. The molecule has 0 spiro atoms. The first-order valence-corrected chi connectivity index (χ1v) is 8.84. The molecule has 0 bridgehead atoms. The van der Waals surface area contributed by atoms with Crippen LogP contribution in [-0.2, 0) is 0 Å². The van der Waals surface area contributed by atoms with Gasteiger partial charge < -0.3 is 5.73 Å². The smallest absolute Gasteiger partial charge is 0.0640 e. The Morgan fingerprint density at radius 2 is 1.90 bits per heavy atom. The second-order valence-electron chi connectivity index (χ2n) is 6.48. The summed E-state index contributed by atoms with van der Waals surface area (Å²) in [6.07, 6.45) is 6.91. The molecule has 116 valence electrons. The van der Waals surface area contributed by atoms with Crippen molar-refractivity contribution < 1.29 is 0 Å². The molecule has 3 unspecified atom stereocenters. The summed E-state index contributed by atoms with van der Waals surface area (Å²) in [6, 6.07) is 6.08. The SMILES string of the molecule is NCC(c1cccc(Cl)c1Cl)N1CCC2CCCCC2C1. The average molecular weight is 327 g/mol. The molecule has 1 heterocycles. The van der Waals surface area contributed by atoms with Gasteiger partial charge in [0.15, 0.2) is 0 Å². The predicted molar refractivity (Wildman–Crippen MR) is 89.9 cm³/mol. The summed E-state index contributed by atoms with van der Waals surface area (Å²) in [4.78, 5) is 2.53. The van der Waals surface area contributed by atoms with E-state index in [0.717, 1.165) is 30.5 Å². The van der Waals surface area contributed by atoms with Crippen LogP contribution in [0.15, 0.2) is 18.2 Å². The number of fused-ring (bicyclic) bond motifs is 1. The molecule has 2 fully saturated rings. The Bertz CT molecular complexity index is 492. The van der Waals surface area contributed by atoms with Crippen LogP contribution in [-0.4, -0.2) is 24.5 Å². The Morgan fingerprint density at radius 3 is 2.67 bits per heavy atom. The van der Waals surface area contributed by atoms with E-state index in [9.17, 15) is 0 Å². The number of hydrogen-bond acceptors (Lipinski definition) is 2. The van der Waals surface area contributed by atoms with Crippen molar-refractivity contribution in [2.45, 2.75) is 38.1 Å². The molecule has 0 radical (unpaired) electrons. The van der Waals surface area contributed by atoms with Gasteiger partial charge >= 0.3 is 0 Å². The Labute approximate surface area is 137 Å². The molecule has 3 atom stereocenters. The Balaban J connectivity index is 1.78. The van der Waals surface area contributed by atoms with Gasteiger partial charge in [0.25, 0.3) is 0 Å². The third-order valence-electron chi connectivity index (χ3n) is 5.33. The summed E-state index contributed by atoms with van der Waals surface area (Å²) < 4.78 is 0. The number of nitrogens with zero attached hydrogens (tertiary/aromatic N) is 1. The fourth-order valence-corrected chi connectivity index (χ4v) is 4.60. The largest absolute Gasteiger partial charge is 0.329 e. The van der Waals surface area contributed by atoms with Crippen LogP contribution in [0.5, 0.6) is 0 Å². The van der Waals surface area contributed by atoms with Gasteiger partial charge in [0.2, 0.25) is 0 Å². The Kier molecular flexibility index (Phi) is 5.11. The van der Waals surface area contributed by atoms with Gasteiger partial charge in [-0.05, 0) is 42.9 Å². The van der Waals surface area contributed by atoms with Crippen LogP contribution >= 0.6 is 23.2 Å². The van der Waals surface area contributed by atoms with Gasteiger partial charge in [-0.1, -0.05) is 54.6 Å². The summed E-state index contributed by atoms with van der Waals surface area (Å²) in [7, 11) is 0. The zero-order chi connectivity index (χ0) is 14.8. The lowest BCUT2D eigenvalue weighted by Crippen LogP contribution is -2.45. The average Bonchev–Trinajstić information content (AvgIpc) is 2.52. The number of benzene rings is 1. The minimum absolute atomic E-state index is 0.194. The number of rotatable bonds is 3. The van der Waals surface area contributed by atoms with Crippen molar-refractivity contribution >= 4 is 23.2 Å². The minimum atomic E-state index is 0.194. The van der Waals surface area contributed by atoms with Gasteiger partial charge in [-0.3, -0.25) is 4.90 Å². The molecule has 1 aliphatic heterocycles. The first-order valence-electron chi connectivity index (χ1n) is 8.08. The van der Waals surface area contributed by atoms with Crippen LogP contribution in [0.4, 0.5) is 0 Å². The molecule has 2 nitrogen and oxygen atoms in total.